The molecule has 1 saturated carbocycles. The van der Waals surface area contributed by atoms with Crippen molar-refractivity contribution < 1.29 is 21.6 Å². The molecule has 3 nitrogen and oxygen atoms in total. The number of alkyl halides is 3. The van der Waals surface area contributed by atoms with Crippen LogP contribution in [0.3, 0.4) is 0 Å². The fourth-order valence-corrected chi connectivity index (χ4v) is 5.19. The van der Waals surface area contributed by atoms with E-state index in [1.54, 1.807) is 0 Å². The number of nitrogens with one attached hydrogen (secondary N) is 1. The van der Waals surface area contributed by atoms with Crippen molar-refractivity contribution in [1.29, 1.82) is 0 Å². The van der Waals surface area contributed by atoms with Crippen molar-refractivity contribution in [1.82, 2.24) is 5.32 Å². The van der Waals surface area contributed by atoms with Gasteiger partial charge >= 0.3 is 6.18 Å². The second-order valence-corrected chi connectivity index (χ2v) is 8.60. The summed E-state index contributed by atoms with van der Waals surface area (Å²) in [5.41, 5.74) is -0.691. The Bertz CT molecular complexity index is 656. The molecule has 0 unspecified atom stereocenters. The van der Waals surface area contributed by atoms with Crippen molar-refractivity contribution in [2.45, 2.75) is 42.0 Å². The van der Waals surface area contributed by atoms with Crippen molar-refractivity contribution in [3.8, 4) is 0 Å². The SMILES string of the molecule is O=S(=O)(c1cccc(C(F)(F)F)c1)C1CCC2(CC1)CNC2. The van der Waals surface area contributed by atoms with E-state index in [9.17, 15) is 21.6 Å². The fraction of sp³-hybridized carbons (Fsp3) is 0.600. The Hall–Kier alpha value is -1.08. The van der Waals surface area contributed by atoms with E-state index in [2.05, 4.69) is 5.32 Å². The Kier molecular flexibility index (Phi) is 3.76. The maximum absolute atomic E-state index is 12.8. The van der Waals surface area contributed by atoms with E-state index >= 15 is 0 Å². The van der Waals surface area contributed by atoms with Crippen LogP contribution < -0.4 is 5.32 Å². The minimum Gasteiger partial charge on any atom is -0.316 e. The first-order chi connectivity index (χ1) is 10.2. The molecule has 1 aromatic rings. The first-order valence-corrected chi connectivity index (χ1v) is 8.90. The van der Waals surface area contributed by atoms with Crippen LogP contribution in [0.25, 0.3) is 0 Å². The molecule has 0 atom stereocenters. The molecule has 3 rings (SSSR count). The van der Waals surface area contributed by atoms with Gasteiger partial charge in [-0.15, -0.1) is 0 Å². The number of hydrogen-bond donors (Lipinski definition) is 1. The molecule has 122 valence electrons. The molecule has 0 bridgehead atoms. The van der Waals surface area contributed by atoms with Crippen LogP contribution in [0.1, 0.15) is 31.2 Å². The lowest BCUT2D eigenvalue weighted by atomic mass is 9.70. The average Bonchev–Trinajstić information content (AvgIpc) is 2.45. The third kappa shape index (κ3) is 2.76. The molecule has 22 heavy (non-hydrogen) atoms. The molecule has 1 N–H and O–H groups in total. The van der Waals surface area contributed by atoms with E-state index in [1.807, 2.05) is 0 Å². The zero-order valence-corrected chi connectivity index (χ0v) is 12.8. The Balaban J connectivity index is 1.81. The van der Waals surface area contributed by atoms with Crippen LogP contribution in [-0.2, 0) is 16.0 Å². The van der Waals surface area contributed by atoms with Gasteiger partial charge in [0.25, 0.3) is 0 Å². The predicted octanol–water partition coefficient (Wildman–Crippen LogP) is 3.01. The van der Waals surface area contributed by atoms with Crippen LogP contribution in [0.4, 0.5) is 13.2 Å². The van der Waals surface area contributed by atoms with Gasteiger partial charge in [0, 0.05) is 13.1 Å². The molecule has 2 aliphatic rings. The summed E-state index contributed by atoms with van der Waals surface area (Å²) >= 11 is 0. The summed E-state index contributed by atoms with van der Waals surface area (Å²) in [6, 6.07) is 4.08. The second kappa shape index (κ2) is 5.23. The maximum atomic E-state index is 12.8. The van der Waals surface area contributed by atoms with Crippen molar-refractivity contribution in [2.24, 2.45) is 5.41 Å². The second-order valence-electron chi connectivity index (χ2n) is 6.37. The van der Waals surface area contributed by atoms with E-state index in [4.69, 9.17) is 0 Å². The van der Waals surface area contributed by atoms with Gasteiger partial charge in [0.1, 0.15) is 0 Å². The van der Waals surface area contributed by atoms with E-state index in [0.29, 0.717) is 12.8 Å². The van der Waals surface area contributed by atoms with E-state index in [0.717, 1.165) is 44.1 Å². The van der Waals surface area contributed by atoms with Gasteiger partial charge in [0.05, 0.1) is 15.7 Å². The van der Waals surface area contributed by atoms with Gasteiger partial charge in [0.2, 0.25) is 0 Å². The molecular formula is C15H18F3NO2S. The summed E-state index contributed by atoms with van der Waals surface area (Å²) in [7, 11) is -3.70. The molecule has 1 saturated heterocycles. The number of benzene rings is 1. The van der Waals surface area contributed by atoms with Crippen LogP contribution in [-0.4, -0.2) is 26.8 Å². The summed E-state index contributed by atoms with van der Waals surface area (Å²) in [5.74, 6) is 0. The maximum Gasteiger partial charge on any atom is 0.416 e. The standard InChI is InChI=1S/C15H18F3NO2S/c16-15(17,18)11-2-1-3-13(8-11)22(20,21)12-4-6-14(7-5-12)9-19-10-14/h1-3,8,12,19H,4-7,9-10H2. The van der Waals surface area contributed by atoms with Gasteiger partial charge in [-0.2, -0.15) is 13.2 Å². The van der Waals surface area contributed by atoms with Crippen molar-refractivity contribution >= 4 is 9.84 Å². The molecule has 7 heteroatoms. The zero-order valence-electron chi connectivity index (χ0n) is 12.0. The van der Waals surface area contributed by atoms with Crippen molar-refractivity contribution in [3.63, 3.8) is 0 Å². The molecule has 0 amide bonds. The summed E-state index contributed by atoms with van der Waals surface area (Å²) < 4.78 is 63.5. The molecular weight excluding hydrogens is 315 g/mol. The lowest BCUT2D eigenvalue weighted by Gasteiger charge is -2.47. The normalized spacial score (nSPS) is 22.5. The topological polar surface area (TPSA) is 46.2 Å². The largest absolute Gasteiger partial charge is 0.416 e. The Labute approximate surface area is 127 Å². The highest BCUT2D eigenvalue weighted by molar-refractivity contribution is 7.92. The molecule has 1 spiro atoms. The molecule has 0 radical (unpaired) electrons. The van der Waals surface area contributed by atoms with E-state index < -0.39 is 26.8 Å². The number of hydrogen-bond acceptors (Lipinski definition) is 3. The summed E-state index contributed by atoms with van der Waals surface area (Å²) in [4.78, 5) is -0.213. The van der Waals surface area contributed by atoms with E-state index in [-0.39, 0.29) is 10.3 Å². The monoisotopic (exact) mass is 333 g/mol. The highest BCUT2D eigenvalue weighted by atomic mass is 32.2. The summed E-state index contributed by atoms with van der Waals surface area (Å²) in [6.07, 6.45) is -1.83. The summed E-state index contributed by atoms with van der Waals surface area (Å²) in [6.45, 7) is 1.84. The lowest BCUT2D eigenvalue weighted by molar-refractivity contribution is -0.137. The quantitative estimate of drug-likeness (QED) is 0.905. The van der Waals surface area contributed by atoms with Crippen LogP contribution >= 0.6 is 0 Å². The zero-order chi connectivity index (χ0) is 16.0. The first-order valence-electron chi connectivity index (χ1n) is 7.35. The molecule has 1 aliphatic carbocycles. The molecule has 2 fully saturated rings. The Morgan fingerprint density at radius 2 is 1.77 bits per heavy atom. The highest BCUT2D eigenvalue weighted by Gasteiger charge is 2.43. The van der Waals surface area contributed by atoms with Gasteiger partial charge < -0.3 is 5.32 Å². The third-order valence-electron chi connectivity index (χ3n) is 4.92. The molecule has 1 aromatic carbocycles. The highest BCUT2D eigenvalue weighted by Crippen LogP contribution is 2.42. The molecule has 1 heterocycles. The smallest absolute Gasteiger partial charge is 0.316 e. The van der Waals surface area contributed by atoms with Gasteiger partial charge in [-0.25, -0.2) is 8.42 Å². The van der Waals surface area contributed by atoms with Crippen LogP contribution in [0.15, 0.2) is 29.2 Å². The van der Waals surface area contributed by atoms with Gasteiger partial charge in [-0.1, -0.05) is 6.07 Å². The van der Waals surface area contributed by atoms with Gasteiger partial charge in [-0.05, 0) is 49.3 Å². The minimum absolute atomic E-state index is 0.213. The predicted molar refractivity (Wildman–Crippen MR) is 76.2 cm³/mol. The molecule has 0 aromatic heterocycles. The van der Waals surface area contributed by atoms with E-state index in [1.165, 1.54) is 6.07 Å². The van der Waals surface area contributed by atoms with Crippen LogP contribution in [0, 0.1) is 5.41 Å². The first kappa shape index (κ1) is 15.8. The third-order valence-corrected chi connectivity index (χ3v) is 7.18. The minimum atomic E-state index is -4.53. The number of rotatable bonds is 2. The van der Waals surface area contributed by atoms with Crippen LogP contribution in [0.5, 0.6) is 0 Å². The number of sulfone groups is 1. The van der Waals surface area contributed by atoms with Crippen molar-refractivity contribution in [3.05, 3.63) is 29.8 Å². The fourth-order valence-electron chi connectivity index (χ4n) is 3.39. The Morgan fingerprint density at radius 1 is 1.14 bits per heavy atom. The Morgan fingerprint density at radius 3 is 2.27 bits per heavy atom. The molecule has 1 aliphatic heterocycles. The van der Waals surface area contributed by atoms with Gasteiger partial charge in [0.15, 0.2) is 9.84 Å². The van der Waals surface area contributed by atoms with Gasteiger partial charge in [-0.3, -0.25) is 0 Å². The van der Waals surface area contributed by atoms with Crippen LogP contribution in [0.2, 0.25) is 0 Å². The lowest BCUT2D eigenvalue weighted by Crippen LogP contribution is -2.55. The average molecular weight is 333 g/mol. The summed E-state index contributed by atoms with van der Waals surface area (Å²) in [5, 5.41) is 2.64. The van der Waals surface area contributed by atoms with Crippen molar-refractivity contribution in [2.75, 3.05) is 13.1 Å². The number of halogens is 3.